The van der Waals surface area contributed by atoms with Crippen LogP contribution in [-0.2, 0) is 0 Å². The van der Waals surface area contributed by atoms with Crippen molar-refractivity contribution in [1.82, 2.24) is 39.2 Å². The first-order chi connectivity index (χ1) is 39.6. The monoisotopic (exact) mass is 1160 g/mol. The van der Waals surface area contributed by atoms with Gasteiger partial charge in [-0.15, -0.1) is 0 Å². The molecule has 0 aromatic heterocycles. The Morgan fingerprint density at radius 3 is 0.716 bits per heavy atom. The van der Waals surface area contributed by atoms with Crippen molar-refractivity contribution >= 4 is 0 Å². The molecular formula is C73H174N8. The Labute approximate surface area is 522 Å². The SMILES string of the molecule is CC.CC.CC.CC.CC.CC.CC.CC.CC.CCCCN(C)CN(CC)CC.CCCCN(CCCC)CN(CC)CC.CCN(CC)CN(C)CC1CCCCC1.CCN(CC)CN(CC1CCCCC1)CC1CCCCC1. The zero-order valence-corrected chi connectivity index (χ0v) is 63.9. The first-order valence-electron chi connectivity index (χ1n) is 37.3. The van der Waals surface area contributed by atoms with Gasteiger partial charge in [0.15, 0.2) is 0 Å². The molecule has 506 valence electrons. The molecule has 0 aromatic carbocycles. The number of hydrogen-bond acceptors (Lipinski definition) is 8. The molecule has 0 amide bonds. The zero-order chi connectivity index (χ0) is 64.9. The van der Waals surface area contributed by atoms with Gasteiger partial charge in [-0.05, 0) is 162 Å². The first-order valence-corrected chi connectivity index (χ1v) is 37.3. The Balaban J connectivity index is -0.0000000958. The minimum absolute atomic E-state index is 0.972. The van der Waals surface area contributed by atoms with Crippen molar-refractivity contribution in [3.05, 3.63) is 0 Å². The topological polar surface area (TPSA) is 25.9 Å². The van der Waals surface area contributed by atoms with E-state index in [9.17, 15) is 0 Å². The van der Waals surface area contributed by atoms with Crippen molar-refractivity contribution in [2.45, 2.75) is 336 Å². The van der Waals surface area contributed by atoms with E-state index in [2.05, 4.69) is 129 Å². The fourth-order valence-corrected chi connectivity index (χ4v) is 9.99. The summed E-state index contributed by atoms with van der Waals surface area (Å²) in [4.78, 5) is 20.4. The molecule has 0 bridgehead atoms. The average molecular weight is 1160 g/mol. The van der Waals surface area contributed by atoms with Gasteiger partial charge in [0.05, 0.1) is 26.7 Å². The Bertz CT molecular complexity index is 864. The van der Waals surface area contributed by atoms with Gasteiger partial charge >= 0.3 is 0 Å². The van der Waals surface area contributed by atoms with Gasteiger partial charge < -0.3 is 0 Å². The summed E-state index contributed by atoms with van der Waals surface area (Å²) in [5.74, 6) is 2.94. The van der Waals surface area contributed by atoms with Crippen molar-refractivity contribution in [2.24, 2.45) is 17.8 Å². The van der Waals surface area contributed by atoms with Crippen LogP contribution in [0, 0.1) is 17.8 Å². The van der Waals surface area contributed by atoms with Crippen LogP contribution in [-0.4, -0.2) is 172 Å². The van der Waals surface area contributed by atoms with E-state index in [0.29, 0.717) is 0 Å². The molecule has 3 aliphatic carbocycles. The highest BCUT2D eigenvalue weighted by Gasteiger charge is 2.23. The molecule has 0 spiro atoms. The van der Waals surface area contributed by atoms with Gasteiger partial charge in [-0.3, -0.25) is 39.2 Å². The third kappa shape index (κ3) is 75.7. The number of rotatable bonds is 31. The van der Waals surface area contributed by atoms with E-state index < -0.39 is 0 Å². The molecule has 0 atom stereocenters. The van der Waals surface area contributed by atoms with Crippen LogP contribution < -0.4 is 0 Å². The first kappa shape index (κ1) is 103. The zero-order valence-electron chi connectivity index (χ0n) is 63.9. The molecule has 3 rings (SSSR count). The van der Waals surface area contributed by atoms with Crippen LogP contribution in [0.15, 0.2) is 0 Å². The lowest BCUT2D eigenvalue weighted by Crippen LogP contribution is -2.43. The highest BCUT2D eigenvalue weighted by atomic mass is 15.3. The Morgan fingerprint density at radius 1 is 0.235 bits per heavy atom. The lowest BCUT2D eigenvalue weighted by Gasteiger charge is -2.36. The summed E-state index contributed by atoms with van der Waals surface area (Å²) in [5.41, 5.74) is 0. The molecule has 0 radical (unpaired) electrons. The summed E-state index contributed by atoms with van der Waals surface area (Å²) in [7, 11) is 4.47. The third-order valence-corrected chi connectivity index (χ3v) is 14.6. The molecule has 0 aromatic rings. The maximum atomic E-state index is 2.82. The van der Waals surface area contributed by atoms with Crippen LogP contribution in [0.25, 0.3) is 0 Å². The molecule has 0 heterocycles. The van der Waals surface area contributed by atoms with Crippen LogP contribution in [0.1, 0.15) is 336 Å². The number of nitrogens with zero attached hydrogens (tertiary/aromatic N) is 8. The van der Waals surface area contributed by atoms with Gasteiger partial charge in [0, 0.05) is 19.6 Å². The number of unbranched alkanes of at least 4 members (excludes halogenated alkanes) is 3. The minimum atomic E-state index is 0.972. The summed E-state index contributed by atoms with van der Waals surface area (Å²) in [6.07, 6.45) is 30.0. The van der Waals surface area contributed by atoms with E-state index in [1.807, 2.05) is 125 Å². The second kappa shape index (κ2) is 96.0. The predicted molar refractivity (Wildman–Crippen MR) is 386 cm³/mol. The van der Waals surface area contributed by atoms with Gasteiger partial charge in [0.1, 0.15) is 0 Å². The maximum absolute atomic E-state index is 2.82. The molecule has 0 aliphatic heterocycles. The number of hydrogen-bond donors (Lipinski definition) is 0. The predicted octanol–water partition coefficient (Wildman–Crippen LogP) is 22.0. The summed E-state index contributed by atoms with van der Waals surface area (Å²) in [6, 6.07) is 0. The van der Waals surface area contributed by atoms with E-state index in [1.165, 1.54) is 220 Å². The van der Waals surface area contributed by atoms with E-state index in [0.717, 1.165) is 50.8 Å². The van der Waals surface area contributed by atoms with Crippen LogP contribution in [0.2, 0.25) is 0 Å². The Morgan fingerprint density at radius 2 is 0.457 bits per heavy atom. The summed E-state index contributed by atoms with van der Waals surface area (Å²) in [5, 5.41) is 0. The fraction of sp³-hybridized carbons (Fsp3) is 1.00. The molecule has 3 aliphatic rings. The fourth-order valence-electron chi connectivity index (χ4n) is 9.99. The lowest BCUT2D eigenvalue weighted by atomic mass is 9.87. The van der Waals surface area contributed by atoms with Gasteiger partial charge in [0.25, 0.3) is 0 Å². The van der Waals surface area contributed by atoms with Crippen molar-refractivity contribution in [3.63, 3.8) is 0 Å². The average Bonchev–Trinajstić information content (AvgIpc) is 3.55. The minimum Gasteiger partial charge on any atom is -0.294 e. The second-order valence-corrected chi connectivity index (χ2v) is 20.1. The summed E-state index contributed by atoms with van der Waals surface area (Å²) in [6.45, 7) is 82.7. The van der Waals surface area contributed by atoms with Gasteiger partial charge in [-0.25, -0.2) is 0 Å². The Hall–Kier alpha value is -0.320. The summed E-state index contributed by atoms with van der Waals surface area (Å²) < 4.78 is 0. The van der Waals surface area contributed by atoms with Crippen LogP contribution >= 0.6 is 0 Å². The van der Waals surface area contributed by atoms with Crippen LogP contribution in [0.5, 0.6) is 0 Å². The highest BCUT2D eigenvalue weighted by molar-refractivity contribution is 4.75. The molecule has 3 saturated carbocycles. The quantitative estimate of drug-likeness (QED) is 0.0634. The highest BCUT2D eigenvalue weighted by Crippen LogP contribution is 2.28. The molecule has 0 unspecified atom stereocenters. The molecule has 0 saturated heterocycles. The Kier molecular flexibility index (Phi) is 122. The second-order valence-electron chi connectivity index (χ2n) is 20.1. The normalized spacial score (nSPS) is 13.8. The molecular weight excluding hydrogens is 989 g/mol. The van der Waals surface area contributed by atoms with Gasteiger partial charge in [-0.2, -0.15) is 0 Å². The summed E-state index contributed by atoms with van der Waals surface area (Å²) >= 11 is 0. The van der Waals surface area contributed by atoms with E-state index in [-0.39, 0.29) is 0 Å². The molecule has 0 N–H and O–H groups in total. The van der Waals surface area contributed by atoms with E-state index in [1.54, 1.807) is 0 Å². The van der Waals surface area contributed by atoms with Crippen molar-refractivity contribution in [3.8, 4) is 0 Å². The maximum Gasteiger partial charge on any atom is 0.0506 e. The van der Waals surface area contributed by atoms with Crippen molar-refractivity contribution < 1.29 is 0 Å². The lowest BCUT2D eigenvalue weighted by molar-refractivity contribution is 0.0905. The van der Waals surface area contributed by atoms with E-state index in [4.69, 9.17) is 0 Å². The van der Waals surface area contributed by atoms with Crippen LogP contribution in [0.3, 0.4) is 0 Å². The third-order valence-electron chi connectivity index (χ3n) is 14.6. The van der Waals surface area contributed by atoms with Crippen molar-refractivity contribution in [2.75, 3.05) is 132 Å². The standard InChI is InChI=1S/C19H38N2.C13H28N2.C13H30N2.C10H24N2.9C2H6/c1-3-20(4-2)17-21(15-18-11-7-5-8-12-18)16-19-13-9-6-10-14-19;1-4-15(5-2)12-14(3)11-13-9-7-6-8-10-13;1-5-9-11-15(12-10-6-2)13-14(7-3)8-4;1-5-8-9-11(4)10-12(6-2)7-3;9*1-2/h18-19H,3-17H2,1-2H3;13H,4-12H2,1-3H3;5-13H2,1-4H3;5-10H2,1-4H3;9*1-2H3. The molecule has 8 nitrogen and oxygen atoms in total. The van der Waals surface area contributed by atoms with Gasteiger partial charge in [0.2, 0.25) is 0 Å². The van der Waals surface area contributed by atoms with E-state index >= 15 is 0 Å². The smallest absolute Gasteiger partial charge is 0.0506 e. The van der Waals surface area contributed by atoms with Crippen LogP contribution in [0.4, 0.5) is 0 Å². The largest absolute Gasteiger partial charge is 0.294 e. The molecule has 8 heteroatoms. The van der Waals surface area contributed by atoms with Crippen molar-refractivity contribution in [1.29, 1.82) is 0 Å². The van der Waals surface area contributed by atoms with Gasteiger partial charge in [-0.1, -0.05) is 278 Å². The molecule has 3 fully saturated rings. The molecule has 81 heavy (non-hydrogen) atoms.